The molecule has 3 nitrogen and oxygen atoms in total. The Balaban J connectivity index is 0.00000169. The Hall–Kier alpha value is -1.35. The van der Waals surface area contributed by atoms with E-state index in [9.17, 15) is 4.79 Å². The fourth-order valence-corrected chi connectivity index (χ4v) is 1.05. The second kappa shape index (κ2) is 6.16. The van der Waals surface area contributed by atoms with Crippen molar-refractivity contribution < 1.29 is 9.90 Å². The van der Waals surface area contributed by atoms with Gasteiger partial charge in [-0.1, -0.05) is 25.6 Å². The SMILES string of the molecule is C.CN(CCO)C(=O)c1ccccc1. The van der Waals surface area contributed by atoms with Gasteiger partial charge >= 0.3 is 0 Å². The van der Waals surface area contributed by atoms with Gasteiger partial charge in [0.2, 0.25) is 0 Å². The zero-order valence-corrected chi connectivity index (χ0v) is 7.60. The summed E-state index contributed by atoms with van der Waals surface area (Å²) in [5.74, 6) is -0.0605. The van der Waals surface area contributed by atoms with Crippen LogP contribution in [0.3, 0.4) is 0 Å². The van der Waals surface area contributed by atoms with E-state index >= 15 is 0 Å². The summed E-state index contributed by atoms with van der Waals surface area (Å²) >= 11 is 0. The van der Waals surface area contributed by atoms with Gasteiger partial charge in [0.25, 0.3) is 5.91 Å². The fourth-order valence-electron chi connectivity index (χ4n) is 1.05. The maximum atomic E-state index is 11.5. The van der Waals surface area contributed by atoms with Crippen LogP contribution in [0.1, 0.15) is 17.8 Å². The molecule has 0 saturated carbocycles. The van der Waals surface area contributed by atoms with Gasteiger partial charge in [0.1, 0.15) is 0 Å². The van der Waals surface area contributed by atoms with E-state index in [1.807, 2.05) is 18.2 Å². The molecule has 0 heterocycles. The molecule has 1 aromatic carbocycles. The van der Waals surface area contributed by atoms with E-state index < -0.39 is 0 Å². The average Bonchev–Trinajstić information content (AvgIpc) is 2.18. The topological polar surface area (TPSA) is 40.5 Å². The molecule has 0 bridgehead atoms. The number of hydrogen-bond donors (Lipinski definition) is 1. The molecule has 1 amide bonds. The van der Waals surface area contributed by atoms with Crippen molar-refractivity contribution in [3.63, 3.8) is 0 Å². The van der Waals surface area contributed by atoms with Crippen LogP contribution in [0.5, 0.6) is 0 Å². The number of amides is 1. The minimum atomic E-state index is -0.0605. The molecule has 0 aromatic heterocycles. The van der Waals surface area contributed by atoms with Gasteiger partial charge in [0, 0.05) is 19.2 Å². The highest BCUT2D eigenvalue weighted by atomic mass is 16.3. The highest BCUT2D eigenvalue weighted by molar-refractivity contribution is 5.93. The second-order valence-electron chi connectivity index (χ2n) is 2.82. The molecule has 1 N–H and O–H groups in total. The number of likely N-dealkylation sites (N-methyl/N-ethyl adjacent to an activating group) is 1. The maximum Gasteiger partial charge on any atom is 0.253 e. The summed E-state index contributed by atoms with van der Waals surface area (Å²) < 4.78 is 0. The molecule has 0 aliphatic heterocycles. The number of rotatable bonds is 3. The summed E-state index contributed by atoms with van der Waals surface area (Å²) in [6.07, 6.45) is 0. The minimum absolute atomic E-state index is 0. The van der Waals surface area contributed by atoms with Gasteiger partial charge in [-0.05, 0) is 12.1 Å². The molecular weight excluding hydrogens is 178 g/mol. The number of aliphatic hydroxyl groups is 1. The molecule has 1 aromatic rings. The predicted molar refractivity (Wildman–Crippen MR) is 57.2 cm³/mol. The summed E-state index contributed by atoms with van der Waals surface area (Å²) in [4.78, 5) is 13.0. The first-order valence-electron chi connectivity index (χ1n) is 4.17. The Morgan fingerprint density at radius 1 is 1.36 bits per heavy atom. The molecule has 14 heavy (non-hydrogen) atoms. The van der Waals surface area contributed by atoms with E-state index in [0.29, 0.717) is 12.1 Å². The van der Waals surface area contributed by atoms with Gasteiger partial charge in [-0.2, -0.15) is 0 Å². The van der Waals surface area contributed by atoms with Crippen LogP contribution in [0.2, 0.25) is 0 Å². The summed E-state index contributed by atoms with van der Waals surface area (Å²) in [7, 11) is 1.67. The van der Waals surface area contributed by atoms with Crippen molar-refractivity contribution in [2.24, 2.45) is 0 Å². The Morgan fingerprint density at radius 2 is 1.93 bits per heavy atom. The minimum Gasteiger partial charge on any atom is -0.395 e. The first-order valence-corrected chi connectivity index (χ1v) is 4.17. The Morgan fingerprint density at radius 3 is 2.43 bits per heavy atom. The highest BCUT2D eigenvalue weighted by Crippen LogP contribution is 2.01. The molecule has 0 saturated heterocycles. The van der Waals surface area contributed by atoms with Crippen molar-refractivity contribution in [3.8, 4) is 0 Å². The fraction of sp³-hybridized carbons (Fsp3) is 0.364. The lowest BCUT2D eigenvalue weighted by molar-refractivity contribution is 0.0767. The standard InChI is InChI=1S/C10H13NO2.CH4/c1-11(7-8-12)10(13)9-5-3-2-4-6-9;/h2-6,12H,7-8H2,1H3;1H4. The zero-order chi connectivity index (χ0) is 9.68. The molecule has 0 aliphatic carbocycles. The largest absolute Gasteiger partial charge is 0.395 e. The normalized spacial score (nSPS) is 9.00. The molecular formula is C11H17NO2. The van der Waals surface area contributed by atoms with E-state index in [1.165, 1.54) is 4.90 Å². The Labute approximate surface area is 85.0 Å². The quantitative estimate of drug-likeness (QED) is 0.791. The van der Waals surface area contributed by atoms with Crippen molar-refractivity contribution in [1.29, 1.82) is 0 Å². The summed E-state index contributed by atoms with van der Waals surface area (Å²) in [5.41, 5.74) is 0.651. The van der Waals surface area contributed by atoms with Gasteiger partial charge in [0.05, 0.1) is 6.61 Å². The van der Waals surface area contributed by atoms with Crippen molar-refractivity contribution in [3.05, 3.63) is 35.9 Å². The summed E-state index contributed by atoms with van der Waals surface area (Å²) in [5, 5.41) is 8.64. The van der Waals surface area contributed by atoms with Crippen molar-refractivity contribution in [1.82, 2.24) is 4.90 Å². The van der Waals surface area contributed by atoms with Crippen LogP contribution >= 0.6 is 0 Å². The molecule has 0 aliphatic rings. The third-order valence-corrected chi connectivity index (χ3v) is 1.80. The Bertz CT molecular complexity index is 272. The van der Waals surface area contributed by atoms with Crippen LogP contribution < -0.4 is 0 Å². The summed E-state index contributed by atoms with van der Waals surface area (Å²) in [6.45, 7) is 0.364. The predicted octanol–water partition coefficient (Wildman–Crippen LogP) is 1.39. The number of carbonyl (C=O) groups is 1. The van der Waals surface area contributed by atoms with E-state index in [4.69, 9.17) is 5.11 Å². The number of carbonyl (C=O) groups excluding carboxylic acids is 1. The van der Waals surface area contributed by atoms with E-state index in [0.717, 1.165) is 0 Å². The molecule has 3 heteroatoms. The van der Waals surface area contributed by atoms with Crippen LogP contribution in [0.15, 0.2) is 30.3 Å². The molecule has 0 fully saturated rings. The zero-order valence-electron chi connectivity index (χ0n) is 7.60. The molecule has 0 atom stereocenters. The van der Waals surface area contributed by atoms with E-state index in [-0.39, 0.29) is 19.9 Å². The molecule has 0 radical (unpaired) electrons. The lowest BCUT2D eigenvalue weighted by atomic mass is 10.2. The van der Waals surface area contributed by atoms with Crippen LogP contribution in [0.4, 0.5) is 0 Å². The molecule has 1 rings (SSSR count). The number of nitrogens with zero attached hydrogens (tertiary/aromatic N) is 1. The van der Waals surface area contributed by atoms with Gasteiger partial charge in [-0.15, -0.1) is 0 Å². The smallest absolute Gasteiger partial charge is 0.253 e. The lowest BCUT2D eigenvalue weighted by Crippen LogP contribution is -2.29. The first kappa shape index (κ1) is 12.7. The second-order valence-corrected chi connectivity index (χ2v) is 2.82. The van der Waals surface area contributed by atoms with Gasteiger partial charge in [0.15, 0.2) is 0 Å². The van der Waals surface area contributed by atoms with E-state index in [1.54, 1.807) is 19.2 Å². The molecule has 0 spiro atoms. The maximum absolute atomic E-state index is 11.5. The van der Waals surface area contributed by atoms with Gasteiger partial charge in [-0.25, -0.2) is 0 Å². The third-order valence-electron chi connectivity index (χ3n) is 1.80. The molecule has 78 valence electrons. The third kappa shape index (κ3) is 3.18. The highest BCUT2D eigenvalue weighted by Gasteiger charge is 2.09. The number of hydrogen-bond acceptors (Lipinski definition) is 2. The van der Waals surface area contributed by atoms with Gasteiger partial charge in [-0.3, -0.25) is 4.79 Å². The van der Waals surface area contributed by atoms with Crippen molar-refractivity contribution in [2.75, 3.05) is 20.2 Å². The molecule has 0 unspecified atom stereocenters. The van der Waals surface area contributed by atoms with Crippen molar-refractivity contribution >= 4 is 5.91 Å². The first-order chi connectivity index (χ1) is 6.25. The monoisotopic (exact) mass is 195 g/mol. The van der Waals surface area contributed by atoms with Crippen molar-refractivity contribution in [2.45, 2.75) is 7.43 Å². The summed E-state index contributed by atoms with van der Waals surface area (Å²) in [6, 6.07) is 9.02. The Kier molecular flexibility index (Phi) is 5.56. The van der Waals surface area contributed by atoms with Crippen LogP contribution in [-0.4, -0.2) is 36.1 Å². The van der Waals surface area contributed by atoms with Gasteiger partial charge < -0.3 is 10.0 Å². The average molecular weight is 195 g/mol. The lowest BCUT2D eigenvalue weighted by Gasteiger charge is -2.15. The van der Waals surface area contributed by atoms with E-state index in [2.05, 4.69) is 0 Å². The van der Waals surface area contributed by atoms with Crippen LogP contribution in [0, 0.1) is 0 Å². The van der Waals surface area contributed by atoms with Crippen LogP contribution in [-0.2, 0) is 0 Å². The number of benzene rings is 1. The van der Waals surface area contributed by atoms with Crippen LogP contribution in [0.25, 0.3) is 0 Å². The number of aliphatic hydroxyl groups excluding tert-OH is 1.